The summed E-state index contributed by atoms with van der Waals surface area (Å²) < 4.78 is 130. The Balaban J connectivity index is 0.000000155. The summed E-state index contributed by atoms with van der Waals surface area (Å²) in [4.78, 5) is 4.37. The van der Waals surface area contributed by atoms with Gasteiger partial charge in [0, 0.05) is 36.9 Å². The number of hydrogen-bond acceptors (Lipinski definition) is 7. The van der Waals surface area contributed by atoms with Crippen LogP contribution in [0.2, 0.25) is 0 Å². The summed E-state index contributed by atoms with van der Waals surface area (Å²) in [5, 5.41) is 3.50. The Bertz CT molecular complexity index is 3010. The number of nitrogens with one attached hydrogen (secondary N) is 1. The molecule has 0 aromatic heterocycles. The molecule has 0 amide bonds. The predicted molar refractivity (Wildman–Crippen MR) is 264 cm³/mol. The molecule has 6 aromatic rings. The molecule has 3 N–H and O–H groups in total. The van der Waals surface area contributed by atoms with E-state index in [0.29, 0.717) is 30.0 Å². The number of nitrogen functional groups attached to an aromatic ring is 1. The first-order chi connectivity index (χ1) is 32.7. The van der Waals surface area contributed by atoms with Crippen molar-refractivity contribution in [3.05, 3.63) is 132 Å². The van der Waals surface area contributed by atoms with Crippen LogP contribution in [0.1, 0.15) is 75.3 Å². The fourth-order valence-electron chi connectivity index (χ4n) is 10.6. The zero-order chi connectivity index (χ0) is 49.1. The summed E-state index contributed by atoms with van der Waals surface area (Å²) in [6.45, 7) is 3.27. The summed E-state index contributed by atoms with van der Waals surface area (Å²) in [6, 6.07) is 31.5. The van der Waals surface area contributed by atoms with E-state index in [-0.39, 0.29) is 21.2 Å². The second kappa shape index (κ2) is 20.6. The summed E-state index contributed by atoms with van der Waals surface area (Å²) in [5.74, 6) is 2.62. The molecule has 2 saturated heterocycles. The lowest BCUT2D eigenvalue weighted by Crippen LogP contribution is -2.42. The standard InChI is InChI=1S/C26H27F3N2O2S.C16H21F3N2.C10H7ClO2S/c27-26(28,29)22-10-12-25(31-14-13-19-6-2-4-8-21(19)17-31)24(16-22)30-34(32,33)23-11-9-18-5-1-3-7-20(18)15-23;17-16(18,19)13-5-6-15(14(20)9-13)21-8-7-11-3-1-2-4-12(11)10-21;11-14(12,13)10-6-5-8-3-1-2-4-9(8)7-10/h1,3,5,7,9-12,15-16,19,21,30H,2,4,6,8,13-14,17H2;5-6,9,11-12H,1-4,7-8,10,20H2;1-7H/t19-,21-;11-,12-;/m00./s1. The third kappa shape index (κ3) is 12.2. The molecule has 4 fully saturated rings. The van der Waals surface area contributed by atoms with Crippen molar-refractivity contribution in [3.63, 3.8) is 0 Å². The summed E-state index contributed by atoms with van der Waals surface area (Å²) in [7, 11) is -2.49. The predicted octanol–water partition coefficient (Wildman–Crippen LogP) is 13.7. The lowest BCUT2D eigenvalue weighted by atomic mass is 9.75. The molecule has 8 nitrogen and oxygen atoms in total. The number of sulfonamides is 1. The van der Waals surface area contributed by atoms with E-state index in [1.807, 2.05) is 47.4 Å². The third-order valence-corrected chi connectivity index (χ3v) is 16.9. The topological polar surface area (TPSA) is 113 Å². The molecule has 368 valence electrons. The lowest BCUT2D eigenvalue weighted by molar-refractivity contribution is -0.138. The SMILES string of the molecule is Nc1cc(C(F)(F)F)ccc1N1CC[C@@H]2CCCC[C@H]2C1.O=S(=O)(Cl)c1ccc2ccccc2c1.O=S(=O)(Nc1cc(C(F)(F)F)ccc1N1CC[C@@H]2CCCC[C@H]2C1)c1ccc2ccccc2c1. The maximum atomic E-state index is 13.5. The highest BCUT2D eigenvalue weighted by molar-refractivity contribution is 8.13. The Morgan fingerprint density at radius 2 is 0.942 bits per heavy atom. The molecule has 4 aliphatic rings. The molecule has 2 saturated carbocycles. The third-order valence-electron chi connectivity index (χ3n) is 14.2. The van der Waals surface area contributed by atoms with E-state index >= 15 is 0 Å². The first kappa shape index (κ1) is 50.2. The molecule has 2 aliphatic heterocycles. The van der Waals surface area contributed by atoms with Crippen LogP contribution >= 0.6 is 10.7 Å². The van der Waals surface area contributed by atoms with Crippen molar-refractivity contribution in [2.45, 2.75) is 86.4 Å². The van der Waals surface area contributed by atoms with Gasteiger partial charge in [-0.25, -0.2) is 16.8 Å². The molecule has 69 heavy (non-hydrogen) atoms. The molecule has 6 aromatic carbocycles. The molecular weight excluding hydrogens is 958 g/mol. The van der Waals surface area contributed by atoms with Crippen LogP contribution in [0.15, 0.2) is 131 Å². The molecule has 2 aliphatic carbocycles. The Kier molecular flexibility index (Phi) is 15.0. The summed E-state index contributed by atoms with van der Waals surface area (Å²) >= 11 is 0. The second-order valence-electron chi connectivity index (χ2n) is 18.6. The average Bonchev–Trinajstić information content (AvgIpc) is 3.33. The van der Waals surface area contributed by atoms with Crippen molar-refractivity contribution in [2.75, 3.05) is 46.4 Å². The summed E-state index contributed by atoms with van der Waals surface area (Å²) in [5.41, 5.74) is 5.79. The molecule has 4 atom stereocenters. The van der Waals surface area contributed by atoms with Crippen LogP contribution in [-0.4, -0.2) is 43.0 Å². The first-order valence-corrected chi connectivity index (χ1v) is 27.2. The van der Waals surface area contributed by atoms with Crippen LogP contribution in [0.4, 0.5) is 49.1 Å². The minimum atomic E-state index is -4.57. The number of piperidine rings is 2. The van der Waals surface area contributed by atoms with Crippen LogP contribution in [0.5, 0.6) is 0 Å². The van der Waals surface area contributed by atoms with Crippen LogP contribution in [0.25, 0.3) is 21.5 Å². The van der Waals surface area contributed by atoms with Gasteiger partial charge in [-0.2, -0.15) is 26.3 Å². The molecule has 10 rings (SSSR count). The van der Waals surface area contributed by atoms with Gasteiger partial charge >= 0.3 is 12.4 Å². The number of hydrogen-bond donors (Lipinski definition) is 2. The second-order valence-corrected chi connectivity index (χ2v) is 22.9. The Hall–Kier alpha value is -5.19. The van der Waals surface area contributed by atoms with Gasteiger partial charge in [-0.15, -0.1) is 0 Å². The van der Waals surface area contributed by atoms with Crippen molar-refractivity contribution < 1.29 is 43.2 Å². The van der Waals surface area contributed by atoms with Gasteiger partial charge in [0.1, 0.15) is 0 Å². The van der Waals surface area contributed by atoms with Gasteiger partial charge < -0.3 is 15.5 Å². The van der Waals surface area contributed by atoms with Crippen LogP contribution in [0.3, 0.4) is 0 Å². The largest absolute Gasteiger partial charge is 0.416 e. The van der Waals surface area contributed by atoms with E-state index in [2.05, 4.69) is 9.62 Å². The van der Waals surface area contributed by atoms with Gasteiger partial charge in [-0.3, -0.25) is 4.72 Å². The number of benzene rings is 6. The van der Waals surface area contributed by atoms with Crippen LogP contribution < -0.4 is 20.3 Å². The molecule has 17 heteroatoms. The van der Waals surface area contributed by atoms with E-state index < -0.39 is 42.6 Å². The lowest BCUT2D eigenvalue weighted by Gasteiger charge is -2.42. The number of rotatable bonds is 6. The van der Waals surface area contributed by atoms with E-state index in [1.54, 1.807) is 30.3 Å². The number of anilines is 4. The van der Waals surface area contributed by atoms with Gasteiger partial charge in [0.15, 0.2) is 0 Å². The zero-order valence-corrected chi connectivity index (χ0v) is 40.2. The molecule has 0 bridgehead atoms. The minimum absolute atomic E-state index is 0.0144. The first-order valence-electron chi connectivity index (χ1n) is 23.4. The summed E-state index contributed by atoms with van der Waals surface area (Å²) in [6.07, 6.45) is 3.06. The molecule has 0 radical (unpaired) electrons. The number of fused-ring (bicyclic) bond motifs is 4. The van der Waals surface area contributed by atoms with Crippen LogP contribution in [0, 0.1) is 23.7 Å². The van der Waals surface area contributed by atoms with Crippen LogP contribution in [-0.2, 0) is 31.4 Å². The average molecular weight is 1010 g/mol. The van der Waals surface area contributed by atoms with Gasteiger partial charge in [0.25, 0.3) is 19.1 Å². The highest BCUT2D eigenvalue weighted by atomic mass is 35.7. The maximum Gasteiger partial charge on any atom is 0.416 e. The van der Waals surface area contributed by atoms with E-state index in [9.17, 15) is 43.2 Å². The van der Waals surface area contributed by atoms with E-state index in [1.165, 1.54) is 69.2 Å². The zero-order valence-electron chi connectivity index (χ0n) is 37.8. The molecular formula is C52H55ClF6N4O4S2. The fourth-order valence-corrected chi connectivity index (χ4v) is 12.5. The van der Waals surface area contributed by atoms with E-state index in [0.717, 1.165) is 96.3 Å². The van der Waals surface area contributed by atoms with Crippen molar-refractivity contribution >= 4 is 74.1 Å². The van der Waals surface area contributed by atoms with Crippen molar-refractivity contribution in [1.29, 1.82) is 0 Å². The number of halogens is 7. The number of nitrogens with zero attached hydrogens (tertiary/aromatic N) is 2. The molecule has 2 heterocycles. The highest BCUT2D eigenvalue weighted by Gasteiger charge is 2.36. The highest BCUT2D eigenvalue weighted by Crippen LogP contribution is 2.43. The van der Waals surface area contributed by atoms with Crippen molar-refractivity contribution in [1.82, 2.24) is 0 Å². The monoisotopic (exact) mass is 1010 g/mol. The fraction of sp³-hybridized carbons (Fsp3) is 0.385. The van der Waals surface area contributed by atoms with E-state index in [4.69, 9.17) is 16.4 Å². The van der Waals surface area contributed by atoms with Gasteiger partial charge in [-0.1, -0.05) is 99.2 Å². The Labute approximate surface area is 404 Å². The maximum absolute atomic E-state index is 13.5. The van der Waals surface area contributed by atoms with Gasteiger partial charge in [0.2, 0.25) is 0 Å². The quantitative estimate of drug-likeness (QED) is 0.0971. The smallest absolute Gasteiger partial charge is 0.397 e. The van der Waals surface area contributed by atoms with Crippen molar-refractivity contribution in [3.8, 4) is 0 Å². The Morgan fingerprint density at radius 1 is 0.507 bits per heavy atom. The normalized spacial score (nSPS) is 21.0. The number of nitrogens with two attached hydrogens (primary N) is 1. The van der Waals surface area contributed by atoms with Crippen molar-refractivity contribution in [2.24, 2.45) is 23.7 Å². The molecule has 0 unspecified atom stereocenters. The number of alkyl halides is 6. The molecule has 0 spiro atoms. The van der Waals surface area contributed by atoms with Gasteiger partial charge in [0.05, 0.1) is 43.7 Å². The van der Waals surface area contributed by atoms with Gasteiger partial charge in [-0.05, 0) is 132 Å². The Morgan fingerprint density at radius 3 is 1.43 bits per heavy atom. The minimum Gasteiger partial charge on any atom is -0.397 e.